The van der Waals surface area contributed by atoms with E-state index in [4.69, 9.17) is 18.9 Å². The van der Waals surface area contributed by atoms with Gasteiger partial charge in [-0.05, 0) is 6.92 Å². The van der Waals surface area contributed by atoms with Crippen LogP contribution in [0.4, 0.5) is 0 Å². The number of hydrogen-bond acceptors (Lipinski definition) is 5. The van der Waals surface area contributed by atoms with Crippen molar-refractivity contribution in [3.63, 3.8) is 0 Å². The summed E-state index contributed by atoms with van der Waals surface area (Å²) in [4.78, 5) is 11.6. The van der Waals surface area contributed by atoms with E-state index in [1.165, 1.54) is 0 Å². The van der Waals surface area contributed by atoms with Crippen molar-refractivity contribution in [3.05, 3.63) is 0 Å². The monoisotopic (exact) mass is 216 g/mol. The van der Waals surface area contributed by atoms with Gasteiger partial charge in [0.05, 0.1) is 39.1 Å². The highest BCUT2D eigenvalue weighted by molar-refractivity contribution is 5.82. The maximum Gasteiger partial charge on any atom is 0.340 e. The Morgan fingerprint density at radius 3 is 2.87 bits per heavy atom. The van der Waals surface area contributed by atoms with Crippen molar-refractivity contribution < 1.29 is 23.7 Å². The van der Waals surface area contributed by atoms with Gasteiger partial charge in [0.1, 0.15) is 0 Å². The molecule has 0 bridgehead atoms. The van der Waals surface area contributed by atoms with Crippen molar-refractivity contribution in [1.29, 1.82) is 0 Å². The fraction of sp³-hybridized carbons (Fsp3) is 0.900. The molecule has 0 aromatic carbocycles. The molecule has 5 heteroatoms. The third-order valence-electron chi connectivity index (χ3n) is 2.58. The average Bonchev–Trinajstić information content (AvgIpc) is 3.01. The molecule has 0 radical (unpaired) electrons. The van der Waals surface area contributed by atoms with E-state index in [9.17, 15) is 4.79 Å². The highest BCUT2D eigenvalue weighted by atomic mass is 16.6. The predicted molar refractivity (Wildman–Crippen MR) is 50.5 cm³/mol. The van der Waals surface area contributed by atoms with E-state index in [2.05, 4.69) is 0 Å². The Morgan fingerprint density at radius 2 is 2.33 bits per heavy atom. The fourth-order valence-electron chi connectivity index (χ4n) is 1.69. The molecule has 0 aromatic heterocycles. The van der Waals surface area contributed by atoms with Gasteiger partial charge in [0, 0.05) is 6.42 Å². The Hall–Kier alpha value is -0.650. The summed E-state index contributed by atoms with van der Waals surface area (Å²) in [5.41, 5.74) is -0.749. The van der Waals surface area contributed by atoms with E-state index < -0.39 is 5.60 Å². The van der Waals surface area contributed by atoms with Gasteiger partial charge < -0.3 is 18.9 Å². The summed E-state index contributed by atoms with van der Waals surface area (Å²) in [6.07, 6.45) is 0.483. The van der Waals surface area contributed by atoms with E-state index in [0.717, 1.165) is 0 Å². The van der Waals surface area contributed by atoms with Gasteiger partial charge in [-0.15, -0.1) is 0 Å². The van der Waals surface area contributed by atoms with Crippen molar-refractivity contribution in [2.24, 2.45) is 0 Å². The second kappa shape index (κ2) is 4.47. The first-order valence-electron chi connectivity index (χ1n) is 5.27. The summed E-state index contributed by atoms with van der Waals surface area (Å²) >= 11 is 0. The Kier molecular flexibility index (Phi) is 3.23. The lowest BCUT2D eigenvalue weighted by Gasteiger charge is -2.24. The Bertz CT molecular complexity index is 230. The van der Waals surface area contributed by atoms with Crippen LogP contribution in [-0.4, -0.2) is 50.7 Å². The van der Waals surface area contributed by atoms with E-state index in [1.54, 1.807) is 6.92 Å². The lowest BCUT2D eigenvalue weighted by Crippen LogP contribution is -2.37. The van der Waals surface area contributed by atoms with Gasteiger partial charge in [-0.25, -0.2) is 4.79 Å². The zero-order valence-corrected chi connectivity index (χ0v) is 8.86. The van der Waals surface area contributed by atoms with Crippen molar-refractivity contribution in [2.75, 3.05) is 33.0 Å². The fourth-order valence-corrected chi connectivity index (χ4v) is 1.69. The molecular weight excluding hydrogens is 200 g/mol. The molecule has 86 valence electrons. The Balaban J connectivity index is 1.84. The third kappa shape index (κ3) is 2.48. The van der Waals surface area contributed by atoms with Gasteiger partial charge in [-0.1, -0.05) is 0 Å². The number of rotatable bonds is 4. The lowest BCUT2D eigenvalue weighted by molar-refractivity contribution is -0.153. The molecule has 0 N–H and O–H groups in total. The standard InChI is InChI=1S/C10H16O5/c1-2-13-9(11)10(7-15-10)5-8-6-12-3-4-14-8/h8H,2-7H2,1H3. The molecule has 5 nitrogen and oxygen atoms in total. The largest absolute Gasteiger partial charge is 0.464 e. The Morgan fingerprint density at radius 1 is 1.53 bits per heavy atom. The summed E-state index contributed by atoms with van der Waals surface area (Å²) in [5, 5.41) is 0. The van der Waals surface area contributed by atoms with Crippen LogP contribution in [0.25, 0.3) is 0 Å². The molecular formula is C10H16O5. The zero-order valence-electron chi connectivity index (χ0n) is 8.86. The van der Waals surface area contributed by atoms with Crippen molar-refractivity contribution in [1.82, 2.24) is 0 Å². The molecule has 2 saturated heterocycles. The normalized spacial score (nSPS) is 34.9. The minimum absolute atomic E-state index is 0.0503. The highest BCUT2D eigenvalue weighted by Gasteiger charge is 2.55. The van der Waals surface area contributed by atoms with E-state index >= 15 is 0 Å². The molecule has 15 heavy (non-hydrogen) atoms. The second-order valence-electron chi connectivity index (χ2n) is 3.78. The van der Waals surface area contributed by atoms with Gasteiger partial charge in [0.25, 0.3) is 0 Å². The first kappa shape index (κ1) is 10.9. The van der Waals surface area contributed by atoms with Crippen LogP contribution < -0.4 is 0 Å². The maximum atomic E-state index is 11.6. The summed E-state index contributed by atoms with van der Waals surface area (Å²) in [6, 6.07) is 0. The number of hydrogen-bond donors (Lipinski definition) is 0. The molecule has 2 aliphatic rings. The third-order valence-corrected chi connectivity index (χ3v) is 2.58. The van der Waals surface area contributed by atoms with Crippen LogP contribution in [0.15, 0.2) is 0 Å². The zero-order chi connectivity index (χ0) is 10.7. The van der Waals surface area contributed by atoms with Crippen LogP contribution in [0, 0.1) is 0 Å². The lowest BCUT2D eigenvalue weighted by atomic mass is 10.0. The van der Waals surface area contributed by atoms with Crippen molar-refractivity contribution >= 4 is 5.97 Å². The quantitative estimate of drug-likeness (QED) is 0.493. The van der Waals surface area contributed by atoms with E-state index in [-0.39, 0.29) is 12.1 Å². The smallest absolute Gasteiger partial charge is 0.340 e. The summed E-state index contributed by atoms with van der Waals surface area (Å²) in [7, 11) is 0. The van der Waals surface area contributed by atoms with Gasteiger partial charge in [-0.2, -0.15) is 0 Å². The Labute approximate surface area is 88.6 Å². The van der Waals surface area contributed by atoms with Crippen LogP contribution in [-0.2, 0) is 23.7 Å². The molecule has 2 unspecified atom stereocenters. The summed E-state index contributed by atoms with van der Waals surface area (Å²) < 4.78 is 20.9. The maximum absolute atomic E-state index is 11.6. The molecule has 2 heterocycles. The van der Waals surface area contributed by atoms with Crippen LogP contribution in [0.2, 0.25) is 0 Å². The molecule has 0 aliphatic carbocycles. The molecule has 2 aliphatic heterocycles. The molecule has 0 spiro atoms. The molecule has 2 fully saturated rings. The van der Waals surface area contributed by atoms with Crippen molar-refractivity contribution in [3.8, 4) is 0 Å². The van der Waals surface area contributed by atoms with Crippen LogP contribution in [0.5, 0.6) is 0 Å². The average molecular weight is 216 g/mol. The minimum atomic E-state index is -0.749. The van der Waals surface area contributed by atoms with Gasteiger partial charge in [-0.3, -0.25) is 0 Å². The summed E-state index contributed by atoms with van der Waals surface area (Å²) in [5.74, 6) is -0.279. The molecule has 0 amide bonds. The highest BCUT2D eigenvalue weighted by Crippen LogP contribution is 2.34. The van der Waals surface area contributed by atoms with Crippen LogP contribution in [0.1, 0.15) is 13.3 Å². The summed E-state index contributed by atoms with van der Waals surface area (Å²) in [6.45, 7) is 4.35. The van der Waals surface area contributed by atoms with Crippen LogP contribution in [0.3, 0.4) is 0 Å². The van der Waals surface area contributed by atoms with Crippen LogP contribution >= 0.6 is 0 Å². The van der Waals surface area contributed by atoms with E-state index in [0.29, 0.717) is 39.5 Å². The van der Waals surface area contributed by atoms with Gasteiger partial charge >= 0.3 is 5.97 Å². The van der Waals surface area contributed by atoms with E-state index in [1.807, 2.05) is 0 Å². The molecule has 0 saturated carbocycles. The number of ether oxygens (including phenoxy) is 4. The number of epoxide rings is 1. The predicted octanol–water partition coefficient (Wildman–Crippen LogP) is 0.124. The number of esters is 1. The van der Waals surface area contributed by atoms with Crippen molar-refractivity contribution in [2.45, 2.75) is 25.0 Å². The topological polar surface area (TPSA) is 57.3 Å². The number of carbonyl (C=O) groups is 1. The minimum Gasteiger partial charge on any atom is -0.464 e. The first-order valence-corrected chi connectivity index (χ1v) is 5.27. The SMILES string of the molecule is CCOC(=O)C1(CC2COCCO2)CO1. The molecule has 2 atom stereocenters. The van der Waals surface area contributed by atoms with Gasteiger partial charge in [0.2, 0.25) is 0 Å². The van der Waals surface area contributed by atoms with Gasteiger partial charge in [0.15, 0.2) is 5.60 Å². The number of carbonyl (C=O) groups excluding carboxylic acids is 1. The molecule has 2 rings (SSSR count). The first-order chi connectivity index (χ1) is 7.27. The second-order valence-corrected chi connectivity index (χ2v) is 3.78. The molecule has 0 aromatic rings.